The van der Waals surface area contributed by atoms with Gasteiger partial charge in [-0.1, -0.05) is 6.07 Å². The molecule has 1 aromatic rings. The molecule has 0 heterocycles. The van der Waals surface area contributed by atoms with E-state index in [0.717, 1.165) is 12.8 Å². The van der Waals surface area contributed by atoms with E-state index in [1.165, 1.54) is 14.2 Å². The van der Waals surface area contributed by atoms with Crippen molar-refractivity contribution in [3.63, 3.8) is 0 Å². The van der Waals surface area contributed by atoms with Crippen LogP contribution in [-0.4, -0.2) is 32.6 Å². The van der Waals surface area contributed by atoms with Gasteiger partial charge in [0.1, 0.15) is 17.1 Å². The fourth-order valence-electron chi connectivity index (χ4n) is 1.97. The van der Waals surface area contributed by atoms with Gasteiger partial charge in [0.2, 0.25) is 0 Å². The van der Waals surface area contributed by atoms with Crippen LogP contribution in [0.2, 0.25) is 0 Å². The van der Waals surface area contributed by atoms with Crippen molar-refractivity contribution in [1.82, 2.24) is 5.32 Å². The van der Waals surface area contributed by atoms with Crippen molar-refractivity contribution in [1.29, 1.82) is 0 Å². The Balaban J connectivity index is 2.13. The smallest absolute Gasteiger partial charge is 0.258 e. The Morgan fingerprint density at radius 2 is 1.89 bits per heavy atom. The van der Waals surface area contributed by atoms with Gasteiger partial charge in [-0.05, 0) is 25.0 Å². The molecule has 0 saturated heterocycles. The molecule has 1 aliphatic carbocycles. The second kappa shape index (κ2) is 5.70. The van der Waals surface area contributed by atoms with E-state index >= 15 is 0 Å². The highest BCUT2D eigenvalue weighted by molar-refractivity contribution is 6.18. The third-order valence-electron chi connectivity index (χ3n) is 3.52. The number of alkyl halides is 1. The minimum Gasteiger partial charge on any atom is -0.496 e. The lowest BCUT2D eigenvalue weighted by atomic mass is 10.1. The van der Waals surface area contributed by atoms with E-state index in [9.17, 15) is 4.79 Å². The van der Waals surface area contributed by atoms with Crippen LogP contribution in [0, 0.1) is 5.41 Å². The lowest BCUT2D eigenvalue weighted by Gasteiger charge is -2.15. The number of hydrogen-bond acceptors (Lipinski definition) is 3. The Labute approximate surface area is 118 Å². The Hall–Kier alpha value is -1.42. The zero-order valence-electron chi connectivity index (χ0n) is 11.2. The number of carbonyl (C=O) groups is 1. The summed E-state index contributed by atoms with van der Waals surface area (Å²) in [5, 5.41) is 2.92. The number of halogens is 1. The summed E-state index contributed by atoms with van der Waals surface area (Å²) in [6, 6.07) is 5.27. The molecule has 1 amide bonds. The topological polar surface area (TPSA) is 47.6 Å². The molecule has 0 spiro atoms. The second-order valence-corrected chi connectivity index (χ2v) is 5.12. The molecule has 5 heteroatoms. The molecule has 19 heavy (non-hydrogen) atoms. The van der Waals surface area contributed by atoms with Gasteiger partial charge in [0.15, 0.2) is 0 Å². The fourth-order valence-corrected chi connectivity index (χ4v) is 2.33. The maximum absolute atomic E-state index is 12.3. The average Bonchev–Trinajstić information content (AvgIpc) is 3.24. The minimum atomic E-state index is -0.189. The highest BCUT2D eigenvalue weighted by Gasteiger charge is 2.42. The quantitative estimate of drug-likeness (QED) is 0.816. The van der Waals surface area contributed by atoms with Crippen molar-refractivity contribution < 1.29 is 14.3 Å². The van der Waals surface area contributed by atoms with Crippen molar-refractivity contribution in [2.45, 2.75) is 12.8 Å². The molecule has 1 aromatic carbocycles. The van der Waals surface area contributed by atoms with Crippen LogP contribution >= 0.6 is 11.6 Å². The van der Waals surface area contributed by atoms with Gasteiger partial charge >= 0.3 is 0 Å². The number of ether oxygens (including phenoxy) is 2. The van der Waals surface area contributed by atoms with Crippen LogP contribution in [0.15, 0.2) is 18.2 Å². The molecular formula is C14H18ClNO3. The summed E-state index contributed by atoms with van der Waals surface area (Å²) in [6.45, 7) is 0.594. The Morgan fingerprint density at radius 1 is 1.32 bits per heavy atom. The normalized spacial score (nSPS) is 15.7. The fraction of sp³-hybridized carbons (Fsp3) is 0.500. The van der Waals surface area contributed by atoms with Crippen LogP contribution in [0.25, 0.3) is 0 Å². The van der Waals surface area contributed by atoms with Crippen molar-refractivity contribution >= 4 is 17.5 Å². The molecule has 1 saturated carbocycles. The summed E-state index contributed by atoms with van der Waals surface area (Å²) in [5.41, 5.74) is 0.518. The monoisotopic (exact) mass is 283 g/mol. The number of hydrogen-bond donors (Lipinski definition) is 1. The van der Waals surface area contributed by atoms with Crippen molar-refractivity contribution in [2.24, 2.45) is 5.41 Å². The Morgan fingerprint density at radius 3 is 2.32 bits per heavy atom. The molecule has 104 valence electrons. The predicted octanol–water partition coefficient (Wildman–Crippen LogP) is 2.45. The van der Waals surface area contributed by atoms with Crippen LogP contribution in [-0.2, 0) is 0 Å². The highest BCUT2D eigenvalue weighted by atomic mass is 35.5. The lowest BCUT2D eigenvalue weighted by Crippen LogP contribution is -2.31. The van der Waals surface area contributed by atoms with Crippen LogP contribution in [0.3, 0.4) is 0 Å². The first-order valence-corrected chi connectivity index (χ1v) is 6.74. The number of amides is 1. The first-order chi connectivity index (χ1) is 9.15. The van der Waals surface area contributed by atoms with E-state index in [2.05, 4.69) is 5.32 Å². The number of nitrogens with one attached hydrogen (secondary N) is 1. The highest BCUT2D eigenvalue weighted by Crippen LogP contribution is 2.46. The van der Waals surface area contributed by atoms with Gasteiger partial charge in [0.25, 0.3) is 5.91 Å². The van der Waals surface area contributed by atoms with Gasteiger partial charge in [-0.25, -0.2) is 0 Å². The number of benzene rings is 1. The second-order valence-electron chi connectivity index (χ2n) is 4.85. The number of rotatable bonds is 6. The molecule has 0 unspecified atom stereocenters. The summed E-state index contributed by atoms with van der Waals surface area (Å²) in [4.78, 5) is 12.3. The van der Waals surface area contributed by atoms with Crippen LogP contribution in [0.1, 0.15) is 23.2 Å². The lowest BCUT2D eigenvalue weighted by molar-refractivity contribution is 0.0940. The number of methoxy groups -OCH3 is 2. The molecule has 1 aliphatic rings. The molecule has 0 bridgehead atoms. The third kappa shape index (κ3) is 2.95. The van der Waals surface area contributed by atoms with Gasteiger partial charge in [-0.2, -0.15) is 0 Å². The average molecular weight is 284 g/mol. The van der Waals surface area contributed by atoms with E-state index in [1.807, 2.05) is 0 Å². The largest absolute Gasteiger partial charge is 0.496 e. The maximum Gasteiger partial charge on any atom is 0.258 e. The zero-order chi connectivity index (χ0) is 13.9. The van der Waals surface area contributed by atoms with Crippen LogP contribution < -0.4 is 14.8 Å². The molecule has 0 radical (unpaired) electrons. The van der Waals surface area contributed by atoms with E-state index in [0.29, 0.717) is 29.5 Å². The van der Waals surface area contributed by atoms with E-state index < -0.39 is 0 Å². The maximum atomic E-state index is 12.3. The molecule has 0 aliphatic heterocycles. The summed E-state index contributed by atoms with van der Waals surface area (Å²) < 4.78 is 10.4. The SMILES string of the molecule is COc1cccc(OC)c1C(=O)NCC1(CCl)CC1. The van der Waals surface area contributed by atoms with Crippen LogP contribution in [0.5, 0.6) is 11.5 Å². The van der Waals surface area contributed by atoms with Crippen molar-refractivity contribution in [2.75, 3.05) is 26.6 Å². The van der Waals surface area contributed by atoms with Gasteiger partial charge in [-0.3, -0.25) is 4.79 Å². The first-order valence-electron chi connectivity index (χ1n) is 6.21. The summed E-state index contributed by atoms with van der Waals surface area (Å²) in [5.74, 6) is 1.40. The molecule has 0 atom stereocenters. The van der Waals surface area contributed by atoms with Gasteiger partial charge in [0, 0.05) is 17.8 Å². The van der Waals surface area contributed by atoms with E-state index in [1.54, 1.807) is 18.2 Å². The Kier molecular flexibility index (Phi) is 4.20. The summed E-state index contributed by atoms with van der Waals surface area (Å²) in [6.07, 6.45) is 2.14. The van der Waals surface area contributed by atoms with E-state index in [4.69, 9.17) is 21.1 Å². The van der Waals surface area contributed by atoms with Crippen LogP contribution in [0.4, 0.5) is 0 Å². The molecule has 1 fully saturated rings. The first kappa shape index (κ1) is 14.0. The van der Waals surface area contributed by atoms with Crippen molar-refractivity contribution in [3.8, 4) is 11.5 Å². The molecule has 1 N–H and O–H groups in total. The molecule has 2 rings (SSSR count). The molecule has 4 nitrogen and oxygen atoms in total. The van der Waals surface area contributed by atoms with Gasteiger partial charge in [-0.15, -0.1) is 11.6 Å². The van der Waals surface area contributed by atoms with Crippen molar-refractivity contribution in [3.05, 3.63) is 23.8 Å². The summed E-state index contributed by atoms with van der Waals surface area (Å²) in [7, 11) is 3.07. The zero-order valence-corrected chi connectivity index (χ0v) is 11.9. The molecule has 0 aromatic heterocycles. The summed E-state index contributed by atoms with van der Waals surface area (Å²) >= 11 is 5.90. The molecular weight excluding hydrogens is 266 g/mol. The number of carbonyl (C=O) groups excluding carboxylic acids is 1. The van der Waals surface area contributed by atoms with Gasteiger partial charge < -0.3 is 14.8 Å². The minimum absolute atomic E-state index is 0.0897. The van der Waals surface area contributed by atoms with Gasteiger partial charge in [0.05, 0.1) is 14.2 Å². The standard InChI is InChI=1S/C14H18ClNO3/c1-18-10-4-3-5-11(19-2)12(10)13(17)16-9-14(8-15)6-7-14/h3-5H,6-9H2,1-2H3,(H,16,17). The van der Waals surface area contributed by atoms with E-state index in [-0.39, 0.29) is 11.3 Å². The predicted molar refractivity (Wildman–Crippen MR) is 74.3 cm³/mol. The Bertz CT molecular complexity index is 450. The third-order valence-corrected chi connectivity index (χ3v) is 4.09.